The zero-order valence-electron chi connectivity index (χ0n) is 13.3. The molecule has 0 aliphatic carbocycles. The fourth-order valence-corrected chi connectivity index (χ4v) is 6.72. The molecule has 0 spiro atoms. The van der Waals surface area contributed by atoms with Crippen LogP contribution in [0.15, 0.2) is 50.1 Å². The molecule has 0 unspecified atom stereocenters. The molecule has 0 heterocycles. The van der Waals surface area contributed by atoms with Gasteiger partial charge in [0.25, 0.3) is 0 Å². The SMILES string of the molecule is C=CC[Si](CC=C)(CC=C)CCCCCCC(=C)C(=O)O. The number of allylic oxidation sites excluding steroid dienone is 3. The lowest BCUT2D eigenvalue weighted by molar-refractivity contribution is -0.132. The normalized spacial score (nSPS) is 10.9. The van der Waals surface area contributed by atoms with E-state index < -0.39 is 14.0 Å². The van der Waals surface area contributed by atoms with Crippen LogP contribution in [0.4, 0.5) is 0 Å². The van der Waals surface area contributed by atoms with Crippen molar-refractivity contribution in [2.24, 2.45) is 0 Å². The molecule has 0 saturated heterocycles. The maximum absolute atomic E-state index is 10.6. The van der Waals surface area contributed by atoms with Gasteiger partial charge in [-0.3, -0.25) is 0 Å². The van der Waals surface area contributed by atoms with Crippen molar-refractivity contribution in [2.75, 3.05) is 0 Å². The van der Waals surface area contributed by atoms with Gasteiger partial charge in [-0.1, -0.05) is 50.1 Å². The van der Waals surface area contributed by atoms with Gasteiger partial charge in [0.15, 0.2) is 0 Å². The molecule has 0 aromatic heterocycles. The van der Waals surface area contributed by atoms with Gasteiger partial charge in [0.05, 0.1) is 8.07 Å². The molecule has 21 heavy (non-hydrogen) atoms. The summed E-state index contributed by atoms with van der Waals surface area (Å²) in [4.78, 5) is 10.6. The summed E-state index contributed by atoms with van der Waals surface area (Å²) >= 11 is 0. The van der Waals surface area contributed by atoms with Gasteiger partial charge in [0, 0.05) is 5.57 Å². The van der Waals surface area contributed by atoms with Crippen molar-refractivity contribution in [2.45, 2.75) is 56.3 Å². The van der Waals surface area contributed by atoms with Crippen molar-refractivity contribution in [1.29, 1.82) is 0 Å². The second-order valence-electron chi connectivity index (χ2n) is 5.80. The van der Waals surface area contributed by atoms with Gasteiger partial charge >= 0.3 is 5.97 Å². The largest absolute Gasteiger partial charge is 0.478 e. The minimum Gasteiger partial charge on any atom is -0.478 e. The summed E-state index contributed by atoms with van der Waals surface area (Å²) in [5, 5.41) is 8.75. The van der Waals surface area contributed by atoms with E-state index in [0.717, 1.165) is 37.4 Å². The second kappa shape index (κ2) is 11.3. The van der Waals surface area contributed by atoms with E-state index >= 15 is 0 Å². The van der Waals surface area contributed by atoms with Crippen molar-refractivity contribution in [3.63, 3.8) is 0 Å². The molecule has 0 aliphatic heterocycles. The highest BCUT2D eigenvalue weighted by Gasteiger charge is 2.27. The molecule has 0 aromatic rings. The number of carboxylic acids is 1. The summed E-state index contributed by atoms with van der Waals surface area (Å²) in [5.41, 5.74) is 0.323. The Morgan fingerprint density at radius 1 is 0.905 bits per heavy atom. The number of carboxylic acid groups (broad SMARTS) is 1. The van der Waals surface area contributed by atoms with E-state index in [1.165, 1.54) is 12.5 Å². The molecule has 3 heteroatoms. The van der Waals surface area contributed by atoms with Crippen LogP contribution in [0, 0.1) is 0 Å². The van der Waals surface area contributed by atoms with E-state index in [1.54, 1.807) is 0 Å². The Hall–Kier alpha value is -1.35. The summed E-state index contributed by atoms with van der Waals surface area (Å²) in [6, 6.07) is 4.65. The van der Waals surface area contributed by atoms with E-state index in [1.807, 2.05) is 0 Å². The molecule has 0 bridgehead atoms. The monoisotopic (exact) mass is 306 g/mol. The number of hydrogen-bond acceptors (Lipinski definition) is 1. The lowest BCUT2D eigenvalue weighted by Crippen LogP contribution is -2.31. The van der Waals surface area contributed by atoms with Gasteiger partial charge in [0.1, 0.15) is 0 Å². The van der Waals surface area contributed by atoms with Crippen LogP contribution < -0.4 is 0 Å². The highest BCUT2D eigenvalue weighted by molar-refractivity contribution is 6.81. The van der Waals surface area contributed by atoms with Gasteiger partial charge in [-0.2, -0.15) is 0 Å². The van der Waals surface area contributed by atoms with E-state index in [4.69, 9.17) is 5.11 Å². The minimum atomic E-state index is -1.36. The van der Waals surface area contributed by atoms with Gasteiger partial charge in [-0.15, -0.1) is 19.7 Å². The van der Waals surface area contributed by atoms with Crippen LogP contribution in [0.5, 0.6) is 0 Å². The van der Waals surface area contributed by atoms with Crippen LogP contribution in [-0.2, 0) is 4.79 Å². The van der Waals surface area contributed by atoms with Crippen LogP contribution in [-0.4, -0.2) is 19.1 Å². The molecule has 1 N–H and O–H groups in total. The predicted molar refractivity (Wildman–Crippen MR) is 95.4 cm³/mol. The highest BCUT2D eigenvalue weighted by atomic mass is 28.3. The molecular weight excluding hydrogens is 276 g/mol. The molecule has 0 saturated carbocycles. The first kappa shape index (κ1) is 19.6. The summed E-state index contributed by atoms with van der Waals surface area (Å²) < 4.78 is 0. The number of aliphatic carboxylic acids is 1. The summed E-state index contributed by atoms with van der Waals surface area (Å²) in [5.74, 6) is -0.871. The highest BCUT2D eigenvalue weighted by Crippen LogP contribution is 2.29. The lowest BCUT2D eigenvalue weighted by atomic mass is 10.1. The van der Waals surface area contributed by atoms with Crippen LogP contribution >= 0.6 is 0 Å². The Morgan fingerprint density at radius 3 is 1.81 bits per heavy atom. The summed E-state index contributed by atoms with van der Waals surface area (Å²) in [7, 11) is -1.36. The standard InChI is InChI=1S/C18H30O2Si/c1-5-13-21(14-6-2,15-7-3)16-11-9-8-10-12-17(4)18(19)20/h5-7H,1-4,8-16H2,(H,19,20). The van der Waals surface area contributed by atoms with E-state index in [-0.39, 0.29) is 0 Å². The minimum absolute atomic E-state index is 0.323. The number of unbranched alkanes of at least 4 members (excludes halogenated alkanes) is 3. The van der Waals surface area contributed by atoms with Crippen molar-refractivity contribution >= 4 is 14.0 Å². The van der Waals surface area contributed by atoms with Gasteiger partial charge in [-0.25, -0.2) is 4.79 Å². The molecule has 2 nitrogen and oxygen atoms in total. The van der Waals surface area contributed by atoms with E-state index in [9.17, 15) is 4.79 Å². The maximum atomic E-state index is 10.6. The van der Waals surface area contributed by atoms with Crippen LogP contribution in [0.1, 0.15) is 32.1 Å². The Labute approximate surface area is 131 Å². The quantitative estimate of drug-likeness (QED) is 0.197. The van der Waals surface area contributed by atoms with Gasteiger partial charge in [-0.05, 0) is 31.0 Å². The summed E-state index contributed by atoms with van der Waals surface area (Å²) in [6.45, 7) is 15.3. The zero-order valence-corrected chi connectivity index (χ0v) is 14.3. The Bertz CT molecular complexity index is 345. The van der Waals surface area contributed by atoms with E-state index in [2.05, 4.69) is 44.5 Å². The molecule has 0 aromatic carbocycles. The third-order valence-corrected chi connectivity index (χ3v) is 8.85. The molecule has 0 atom stereocenters. The first-order valence-electron chi connectivity index (χ1n) is 7.75. The molecule has 0 radical (unpaired) electrons. The van der Waals surface area contributed by atoms with Crippen LogP contribution in [0.3, 0.4) is 0 Å². The first-order valence-corrected chi connectivity index (χ1v) is 10.6. The molecular formula is C18H30O2Si. The van der Waals surface area contributed by atoms with Gasteiger partial charge in [0.2, 0.25) is 0 Å². The Kier molecular flexibility index (Phi) is 10.6. The fraction of sp³-hybridized carbons (Fsp3) is 0.500. The third kappa shape index (κ3) is 8.51. The second-order valence-corrected chi connectivity index (χ2v) is 10.5. The van der Waals surface area contributed by atoms with Crippen molar-refractivity contribution in [3.05, 3.63) is 50.1 Å². The third-order valence-electron chi connectivity index (χ3n) is 3.97. The number of carbonyl (C=O) groups is 1. The molecule has 0 fully saturated rings. The van der Waals surface area contributed by atoms with Crippen molar-refractivity contribution in [1.82, 2.24) is 0 Å². The smallest absolute Gasteiger partial charge is 0.330 e. The van der Waals surface area contributed by atoms with Crippen LogP contribution in [0.25, 0.3) is 0 Å². The van der Waals surface area contributed by atoms with Crippen molar-refractivity contribution < 1.29 is 9.90 Å². The molecule has 0 aliphatic rings. The Balaban J connectivity index is 4.10. The molecule has 0 amide bonds. The Morgan fingerprint density at radius 2 is 1.38 bits per heavy atom. The van der Waals surface area contributed by atoms with E-state index in [0.29, 0.717) is 12.0 Å². The zero-order chi connectivity index (χ0) is 16.1. The fourth-order valence-electron chi connectivity index (χ4n) is 2.77. The van der Waals surface area contributed by atoms with Gasteiger partial charge < -0.3 is 5.11 Å². The molecule has 118 valence electrons. The molecule has 0 rings (SSSR count). The van der Waals surface area contributed by atoms with Crippen molar-refractivity contribution in [3.8, 4) is 0 Å². The average molecular weight is 307 g/mol. The average Bonchev–Trinajstić information content (AvgIpc) is 2.43. The van der Waals surface area contributed by atoms with Crippen LogP contribution in [0.2, 0.25) is 24.2 Å². The maximum Gasteiger partial charge on any atom is 0.330 e. The summed E-state index contributed by atoms with van der Waals surface area (Å²) in [6.07, 6.45) is 11.1. The number of hydrogen-bond donors (Lipinski definition) is 1. The number of rotatable bonds is 14. The predicted octanol–water partition coefficient (Wildman–Crippen LogP) is 5.58. The topological polar surface area (TPSA) is 37.3 Å². The first-order chi connectivity index (χ1) is 10.0. The lowest BCUT2D eigenvalue weighted by Gasteiger charge is -2.28.